The second-order valence-electron chi connectivity index (χ2n) is 7.98. The van der Waals surface area contributed by atoms with Gasteiger partial charge < -0.3 is 10.6 Å². The van der Waals surface area contributed by atoms with Gasteiger partial charge in [0.1, 0.15) is 0 Å². The van der Waals surface area contributed by atoms with Crippen LogP contribution in [-0.2, 0) is 6.42 Å². The van der Waals surface area contributed by atoms with E-state index < -0.39 is 0 Å². The number of hydrogen-bond donors (Lipinski definition) is 2. The normalized spacial score (nSPS) is 15.1. The van der Waals surface area contributed by atoms with Crippen LogP contribution in [0.15, 0.2) is 18.2 Å². The molecule has 0 spiro atoms. The summed E-state index contributed by atoms with van der Waals surface area (Å²) in [4.78, 5) is 12.5. The fourth-order valence-corrected chi connectivity index (χ4v) is 3.37. The Morgan fingerprint density at radius 1 is 1.24 bits per heavy atom. The predicted molar refractivity (Wildman–Crippen MR) is 88.9 cm³/mol. The van der Waals surface area contributed by atoms with Crippen molar-refractivity contribution in [1.82, 2.24) is 5.32 Å². The number of benzene rings is 1. The minimum absolute atomic E-state index is 0.0256. The molecule has 2 N–H and O–H groups in total. The smallest absolute Gasteiger partial charge is 0.251 e. The number of carbonyl (C=O) groups is 1. The molecule has 1 aromatic rings. The first-order valence-corrected chi connectivity index (χ1v) is 7.86. The average Bonchev–Trinajstić information content (AvgIpc) is 2.34. The average molecular weight is 288 g/mol. The summed E-state index contributed by atoms with van der Waals surface area (Å²) >= 11 is 0. The van der Waals surface area contributed by atoms with E-state index >= 15 is 0 Å². The number of amides is 1. The predicted octanol–water partition coefficient (Wildman–Crippen LogP) is 3.99. The van der Waals surface area contributed by atoms with E-state index in [-0.39, 0.29) is 16.9 Å². The van der Waals surface area contributed by atoms with Gasteiger partial charge in [-0.1, -0.05) is 20.8 Å². The fraction of sp³-hybridized carbons (Fsp3) is 0.611. The van der Waals surface area contributed by atoms with Crippen LogP contribution in [0.2, 0.25) is 0 Å². The molecule has 116 valence electrons. The van der Waals surface area contributed by atoms with Gasteiger partial charge in [-0.2, -0.15) is 0 Å². The van der Waals surface area contributed by atoms with E-state index in [1.54, 1.807) is 0 Å². The minimum Gasteiger partial charge on any atom is -0.385 e. The quantitative estimate of drug-likeness (QED) is 0.883. The third-order valence-corrected chi connectivity index (χ3v) is 3.73. The molecule has 1 heterocycles. The number of fused-ring (bicyclic) bond motifs is 1. The van der Waals surface area contributed by atoms with Crippen molar-refractivity contribution in [1.29, 1.82) is 0 Å². The van der Waals surface area contributed by atoms with Crippen molar-refractivity contribution in [3.63, 3.8) is 0 Å². The topological polar surface area (TPSA) is 41.1 Å². The van der Waals surface area contributed by atoms with Gasteiger partial charge >= 0.3 is 0 Å². The van der Waals surface area contributed by atoms with Crippen LogP contribution in [0.5, 0.6) is 0 Å². The van der Waals surface area contributed by atoms with Gasteiger partial charge in [-0.05, 0) is 62.3 Å². The van der Waals surface area contributed by atoms with Gasteiger partial charge in [0.05, 0.1) is 0 Å². The summed E-state index contributed by atoms with van der Waals surface area (Å²) in [5, 5.41) is 6.55. The van der Waals surface area contributed by atoms with E-state index in [0.29, 0.717) is 0 Å². The number of nitrogens with one attached hydrogen (secondary N) is 2. The molecule has 0 saturated heterocycles. The summed E-state index contributed by atoms with van der Waals surface area (Å²) in [6.45, 7) is 11.8. The lowest BCUT2D eigenvalue weighted by Gasteiger charge is -2.33. The third kappa shape index (κ3) is 4.48. The molecular formula is C18H28N2O. The maximum absolute atomic E-state index is 12.5. The molecule has 0 aliphatic carbocycles. The van der Waals surface area contributed by atoms with E-state index in [9.17, 15) is 4.79 Å². The summed E-state index contributed by atoms with van der Waals surface area (Å²) in [7, 11) is 0. The van der Waals surface area contributed by atoms with Gasteiger partial charge in [-0.15, -0.1) is 0 Å². The molecular weight excluding hydrogens is 260 g/mol. The molecule has 0 aromatic heterocycles. The molecule has 1 aliphatic rings. The lowest BCUT2D eigenvalue weighted by molar-refractivity contribution is 0.0891. The van der Waals surface area contributed by atoms with E-state index in [1.165, 1.54) is 11.3 Å². The highest BCUT2D eigenvalue weighted by Crippen LogP contribution is 2.28. The third-order valence-electron chi connectivity index (χ3n) is 3.73. The molecule has 0 unspecified atom stereocenters. The van der Waals surface area contributed by atoms with Gasteiger partial charge in [-0.25, -0.2) is 0 Å². The van der Waals surface area contributed by atoms with Crippen LogP contribution in [0.3, 0.4) is 0 Å². The summed E-state index contributed by atoms with van der Waals surface area (Å²) in [5.41, 5.74) is 3.17. The second-order valence-corrected chi connectivity index (χ2v) is 7.98. The van der Waals surface area contributed by atoms with E-state index in [0.717, 1.165) is 31.4 Å². The number of rotatable bonds is 3. The highest BCUT2D eigenvalue weighted by molar-refractivity contribution is 5.95. The second kappa shape index (κ2) is 5.70. The maximum atomic E-state index is 12.5. The molecule has 0 atom stereocenters. The Morgan fingerprint density at radius 3 is 2.62 bits per heavy atom. The largest absolute Gasteiger partial charge is 0.385 e. The molecule has 0 fully saturated rings. The van der Waals surface area contributed by atoms with Crippen molar-refractivity contribution in [3.05, 3.63) is 29.3 Å². The lowest BCUT2D eigenvalue weighted by Crippen LogP contribution is -2.45. The molecule has 3 heteroatoms. The van der Waals surface area contributed by atoms with Crippen molar-refractivity contribution in [2.24, 2.45) is 5.41 Å². The Balaban J connectivity index is 2.10. The van der Waals surface area contributed by atoms with Crippen LogP contribution < -0.4 is 10.6 Å². The Bertz CT molecular complexity index is 527. The van der Waals surface area contributed by atoms with Crippen molar-refractivity contribution < 1.29 is 4.79 Å². The van der Waals surface area contributed by atoms with Crippen molar-refractivity contribution >= 4 is 11.6 Å². The van der Waals surface area contributed by atoms with Gasteiger partial charge in [0.15, 0.2) is 0 Å². The van der Waals surface area contributed by atoms with Crippen LogP contribution in [0, 0.1) is 5.41 Å². The first kappa shape index (κ1) is 15.9. The molecule has 1 amide bonds. The van der Waals surface area contributed by atoms with Gasteiger partial charge in [0.2, 0.25) is 0 Å². The lowest BCUT2D eigenvalue weighted by atomic mass is 9.81. The van der Waals surface area contributed by atoms with Crippen LogP contribution >= 0.6 is 0 Å². The zero-order chi connectivity index (χ0) is 15.7. The van der Waals surface area contributed by atoms with Gasteiger partial charge in [0.25, 0.3) is 5.91 Å². The Kier molecular flexibility index (Phi) is 4.31. The minimum atomic E-state index is -0.205. The molecule has 2 rings (SSSR count). The number of anilines is 1. The molecule has 1 aliphatic heterocycles. The van der Waals surface area contributed by atoms with E-state index in [2.05, 4.69) is 45.3 Å². The van der Waals surface area contributed by atoms with Crippen molar-refractivity contribution in [3.8, 4) is 0 Å². The SMILES string of the molecule is CC(C)(C)CC(C)(C)NC(=O)c1ccc2c(c1)CCCN2. The summed E-state index contributed by atoms with van der Waals surface area (Å²) in [6, 6.07) is 5.98. The molecule has 0 radical (unpaired) electrons. The van der Waals surface area contributed by atoms with Crippen LogP contribution in [0.25, 0.3) is 0 Å². The molecule has 1 aromatic carbocycles. The first-order valence-electron chi connectivity index (χ1n) is 7.86. The molecule has 0 bridgehead atoms. The van der Waals surface area contributed by atoms with Gasteiger partial charge in [-0.3, -0.25) is 4.79 Å². The van der Waals surface area contributed by atoms with Crippen LogP contribution in [0.4, 0.5) is 5.69 Å². The number of aryl methyl sites for hydroxylation is 1. The summed E-state index contributed by atoms with van der Waals surface area (Å²) < 4.78 is 0. The summed E-state index contributed by atoms with van der Waals surface area (Å²) in [5.74, 6) is 0.0256. The van der Waals surface area contributed by atoms with Crippen molar-refractivity contribution in [2.45, 2.75) is 59.4 Å². The standard InChI is InChI=1S/C18H28N2O/c1-17(2,3)12-18(4,5)20-16(21)14-8-9-15-13(11-14)7-6-10-19-15/h8-9,11,19H,6-7,10,12H2,1-5H3,(H,20,21). The zero-order valence-corrected chi connectivity index (χ0v) is 14.0. The molecule has 21 heavy (non-hydrogen) atoms. The zero-order valence-electron chi connectivity index (χ0n) is 14.0. The maximum Gasteiger partial charge on any atom is 0.251 e. The van der Waals surface area contributed by atoms with Crippen molar-refractivity contribution in [2.75, 3.05) is 11.9 Å². The highest BCUT2D eigenvalue weighted by atomic mass is 16.1. The van der Waals surface area contributed by atoms with E-state index in [1.807, 2.05) is 18.2 Å². The fourth-order valence-electron chi connectivity index (χ4n) is 3.37. The first-order chi connectivity index (χ1) is 9.66. The monoisotopic (exact) mass is 288 g/mol. The Labute approximate surface area is 128 Å². The Morgan fingerprint density at radius 2 is 1.95 bits per heavy atom. The number of carbonyl (C=O) groups excluding carboxylic acids is 1. The van der Waals surface area contributed by atoms with E-state index in [4.69, 9.17) is 0 Å². The Hall–Kier alpha value is -1.51. The van der Waals surface area contributed by atoms with Gasteiger partial charge in [0, 0.05) is 23.3 Å². The molecule has 0 saturated carbocycles. The van der Waals surface area contributed by atoms with Crippen LogP contribution in [-0.4, -0.2) is 18.0 Å². The highest BCUT2D eigenvalue weighted by Gasteiger charge is 2.27. The van der Waals surface area contributed by atoms with Crippen LogP contribution in [0.1, 0.15) is 63.4 Å². The molecule has 3 nitrogen and oxygen atoms in total. The number of hydrogen-bond acceptors (Lipinski definition) is 2. The summed E-state index contributed by atoms with van der Waals surface area (Å²) in [6.07, 6.45) is 3.13.